The molecule has 0 aliphatic heterocycles. The van der Waals surface area contributed by atoms with Gasteiger partial charge in [-0.05, 0) is 12.8 Å². The van der Waals surface area contributed by atoms with Crippen molar-refractivity contribution < 1.29 is 0 Å². The second-order valence-corrected chi connectivity index (χ2v) is 2.34. The zero-order chi connectivity index (χ0) is 6.57. The molecule has 0 aromatic rings. The van der Waals surface area contributed by atoms with Gasteiger partial charge in [0.2, 0.25) is 0 Å². The maximum absolute atomic E-state index is 5.20. The number of hydrogen-bond acceptors (Lipinski definition) is 2. The third kappa shape index (κ3) is 2.28. The third-order valence-electron chi connectivity index (χ3n) is 1.76. The molecule has 2 nitrogen and oxygen atoms in total. The predicted molar refractivity (Wildman–Crippen MR) is 36.2 cm³/mol. The van der Waals surface area contributed by atoms with Crippen molar-refractivity contribution >= 4 is 0 Å². The van der Waals surface area contributed by atoms with Crippen LogP contribution in [-0.4, -0.2) is 6.04 Å². The molecule has 0 saturated carbocycles. The number of nitrogens with one attached hydrogen (secondary N) is 1. The summed E-state index contributed by atoms with van der Waals surface area (Å²) in [6, 6.07) is 0.444. The molecule has 0 unspecified atom stereocenters. The first-order valence-electron chi connectivity index (χ1n) is 3.18. The van der Waals surface area contributed by atoms with Crippen molar-refractivity contribution in [1.82, 2.24) is 5.43 Å². The van der Waals surface area contributed by atoms with Gasteiger partial charge in [-0.2, -0.15) is 0 Å². The van der Waals surface area contributed by atoms with Crippen molar-refractivity contribution in [1.29, 1.82) is 0 Å². The molecule has 0 fully saturated rings. The van der Waals surface area contributed by atoms with Gasteiger partial charge in [-0.3, -0.25) is 11.3 Å². The highest BCUT2D eigenvalue weighted by Gasteiger charge is 2.05. The van der Waals surface area contributed by atoms with Crippen molar-refractivity contribution in [3.8, 4) is 0 Å². The second-order valence-electron chi connectivity index (χ2n) is 2.34. The van der Waals surface area contributed by atoms with E-state index in [1.165, 1.54) is 6.42 Å². The fraction of sp³-hybridized carbons (Fsp3) is 1.00. The molecule has 0 amide bonds. The molecular weight excluding hydrogens is 100 g/mol. The first-order valence-corrected chi connectivity index (χ1v) is 3.18. The van der Waals surface area contributed by atoms with E-state index in [9.17, 15) is 0 Å². The van der Waals surface area contributed by atoms with Gasteiger partial charge >= 0.3 is 0 Å². The minimum Gasteiger partial charge on any atom is -0.271 e. The van der Waals surface area contributed by atoms with Gasteiger partial charge in [0.05, 0.1) is 0 Å². The van der Waals surface area contributed by atoms with Crippen molar-refractivity contribution in [3.05, 3.63) is 0 Å². The van der Waals surface area contributed by atoms with Crippen LogP contribution in [0.15, 0.2) is 0 Å². The standard InChI is InChI=1S/C6H16N2/c1-4-5(2)6(3)8-7/h5-6,8H,4,7H2,1-3H3/t5-,6-/m0/s1. The summed E-state index contributed by atoms with van der Waals surface area (Å²) in [5.41, 5.74) is 2.72. The van der Waals surface area contributed by atoms with Crippen LogP contribution < -0.4 is 11.3 Å². The van der Waals surface area contributed by atoms with E-state index >= 15 is 0 Å². The van der Waals surface area contributed by atoms with Crippen molar-refractivity contribution in [3.63, 3.8) is 0 Å². The highest BCUT2D eigenvalue weighted by atomic mass is 15.2. The van der Waals surface area contributed by atoms with Gasteiger partial charge in [0, 0.05) is 6.04 Å². The summed E-state index contributed by atoms with van der Waals surface area (Å²) in [6.07, 6.45) is 1.19. The molecule has 0 aliphatic rings. The molecule has 8 heavy (non-hydrogen) atoms. The summed E-state index contributed by atoms with van der Waals surface area (Å²) in [4.78, 5) is 0. The van der Waals surface area contributed by atoms with Gasteiger partial charge in [0.25, 0.3) is 0 Å². The van der Waals surface area contributed by atoms with E-state index in [0.717, 1.165) is 0 Å². The van der Waals surface area contributed by atoms with Crippen LogP contribution in [0.4, 0.5) is 0 Å². The van der Waals surface area contributed by atoms with Crippen LogP contribution in [0.25, 0.3) is 0 Å². The number of nitrogens with two attached hydrogens (primary N) is 1. The van der Waals surface area contributed by atoms with Gasteiger partial charge in [0.1, 0.15) is 0 Å². The predicted octanol–water partition coefficient (Wildman–Crippen LogP) is 0.884. The van der Waals surface area contributed by atoms with Crippen LogP contribution in [0.2, 0.25) is 0 Å². The lowest BCUT2D eigenvalue weighted by molar-refractivity contribution is 0.398. The molecule has 0 aliphatic carbocycles. The van der Waals surface area contributed by atoms with Gasteiger partial charge in [-0.15, -0.1) is 0 Å². The minimum atomic E-state index is 0.444. The van der Waals surface area contributed by atoms with Crippen molar-refractivity contribution in [2.45, 2.75) is 33.2 Å². The van der Waals surface area contributed by atoms with Gasteiger partial charge in [-0.25, -0.2) is 0 Å². The first-order chi connectivity index (χ1) is 3.72. The molecule has 0 heterocycles. The van der Waals surface area contributed by atoms with Crippen LogP contribution in [0.3, 0.4) is 0 Å². The Hall–Kier alpha value is -0.0800. The average Bonchev–Trinajstić information content (AvgIpc) is 1.84. The van der Waals surface area contributed by atoms with Crippen molar-refractivity contribution in [2.75, 3.05) is 0 Å². The zero-order valence-corrected chi connectivity index (χ0v) is 5.94. The molecule has 0 aromatic carbocycles. The Labute approximate surface area is 51.4 Å². The van der Waals surface area contributed by atoms with Crippen molar-refractivity contribution in [2.24, 2.45) is 11.8 Å². The molecule has 0 spiro atoms. The third-order valence-corrected chi connectivity index (χ3v) is 1.76. The van der Waals surface area contributed by atoms with Gasteiger partial charge in [0.15, 0.2) is 0 Å². The Balaban J connectivity index is 3.29. The normalized spacial score (nSPS) is 18.0. The number of hydrogen-bond donors (Lipinski definition) is 2. The van der Waals surface area contributed by atoms with Crippen LogP contribution in [0, 0.1) is 5.92 Å². The molecule has 0 saturated heterocycles. The second kappa shape index (κ2) is 3.87. The number of hydrazine groups is 1. The van der Waals surface area contributed by atoms with Gasteiger partial charge in [-0.1, -0.05) is 20.3 Å². The smallest absolute Gasteiger partial charge is 0.0207 e. The molecule has 0 rings (SSSR count). The lowest BCUT2D eigenvalue weighted by atomic mass is 10.0. The van der Waals surface area contributed by atoms with E-state index in [0.29, 0.717) is 12.0 Å². The van der Waals surface area contributed by atoms with E-state index in [1.807, 2.05) is 0 Å². The minimum absolute atomic E-state index is 0.444. The number of rotatable bonds is 3. The average molecular weight is 116 g/mol. The van der Waals surface area contributed by atoms with E-state index in [2.05, 4.69) is 26.2 Å². The largest absolute Gasteiger partial charge is 0.271 e. The lowest BCUT2D eigenvalue weighted by Gasteiger charge is -2.15. The quantitative estimate of drug-likeness (QED) is 0.424. The highest BCUT2D eigenvalue weighted by molar-refractivity contribution is 4.62. The Morgan fingerprint density at radius 2 is 2.00 bits per heavy atom. The van der Waals surface area contributed by atoms with Crippen LogP contribution in [0.1, 0.15) is 27.2 Å². The summed E-state index contributed by atoms with van der Waals surface area (Å²) in [6.45, 7) is 6.44. The van der Waals surface area contributed by atoms with E-state index < -0.39 is 0 Å². The summed E-state index contributed by atoms with van der Waals surface area (Å²) in [7, 11) is 0. The molecule has 0 radical (unpaired) electrons. The van der Waals surface area contributed by atoms with E-state index in [1.54, 1.807) is 0 Å². The summed E-state index contributed by atoms with van der Waals surface area (Å²) < 4.78 is 0. The Kier molecular flexibility index (Phi) is 3.83. The molecule has 2 atom stereocenters. The van der Waals surface area contributed by atoms with Crippen LogP contribution >= 0.6 is 0 Å². The molecule has 2 heteroatoms. The Morgan fingerprint density at radius 3 is 2.12 bits per heavy atom. The molecular formula is C6H16N2. The monoisotopic (exact) mass is 116 g/mol. The molecule has 0 aromatic heterocycles. The summed E-state index contributed by atoms with van der Waals surface area (Å²) in [5, 5.41) is 0. The summed E-state index contributed by atoms with van der Waals surface area (Å²) in [5.74, 6) is 5.88. The molecule has 3 N–H and O–H groups in total. The fourth-order valence-electron chi connectivity index (χ4n) is 0.518. The fourth-order valence-corrected chi connectivity index (χ4v) is 0.518. The van der Waals surface area contributed by atoms with Crippen LogP contribution in [-0.2, 0) is 0 Å². The van der Waals surface area contributed by atoms with E-state index in [-0.39, 0.29) is 0 Å². The first kappa shape index (κ1) is 7.92. The SMILES string of the molecule is CC[C@H](C)[C@H](C)NN. The van der Waals surface area contributed by atoms with Gasteiger partial charge < -0.3 is 0 Å². The topological polar surface area (TPSA) is 38.0 Å². The maximum atomic E-state index is 5.20. The van der Waals surface area contributed by atoms with Crippen LogP contribution in [0.5, 0.6) is 0 Å². The Morgan fingerprint density at radius 1 is 1.50 bits per heavy atom. The molecule has 50 valence electrons. The Bertz CT molecular complexity index is 46.5. The lowest BCUT2D eigenvalue weighted by Crippen LogP contribution is -2.37. The molecule has 0 bridgehead atoms. The highest BCUT2D eigenvalue weighted by Crippen LogP contribution is 2.04. The summed E-state index contributed by atoms with van der Waals surface area (Å²) >= 11 is 0. The zero-order valence-electron chi connectivity index (χ0n) is 5.94. The maximum Gasteiger partial charge on any atom is 0.0207 e. The van der Waals surface area contributed by atoms with E-state index in [4.69, 9.17) is 5.84 Å².